The zero-order valence-corrected chi connectivity index (χ0v) is 3.91. The zero-order chi connectivity index (χ0) is 4.41. The van der Waals surface area contributed by atoms with Crippen LogP contribution in [-0.2, 0) is 0 Å². The summed E-state index contributed by atoms with van der Waals surface area (Å²) in [4.78, 5) is 0. The van der Waals surface area contributed by atoms with Crippen molar-refractivity contribution in [2.75, 3.05) is 0 Å². The summed E-state index contributed by atoms with van der Waals surface area (Å²) in [6, 6.07) is 0. The molecule has 0 aliphatic heterocycles. The van der Waals surface area contributed by atoms with Gasteiger partial charge < -0.3 is 0 Å². The summed E-state index contributed by atoms with van der Waals surface area (Å²) in [7, 11) is 0. The van der Waals surface area contributed by atoms with Crippen molar-refractivity contribution in [3.05, 3.63) is 18.6 Å². The summed E-state index contributed by atoms with van der Waals surface area (Å²) in [5.74, 6) is 0. The molecule has 0 bridgehead atoms. The van der Waals surface area contributed by atoms with E-state index in [0.29, 0.717) is 0 Å². The van der Waals surface area contributed by atoms with E-state index in [0.717, 1.165) is 6.42 Å². The Morgan fingerprint density at radius 3 is 2.50 bits per heavy atom. The van der Waals surface area contributed by atoms with Crippen LogP contribution in [-0.4, -0.2) is 0 Å². The Balaban J connectivity index is 2.24. The Labute approximate surface area is 38.9 Å². The van der Waals surface area contributed by atoms with E-state index < -0.39 is 0 Å². The average Bonchev–Trinajstić information content (AvgIpc) is 2.21. The van der Waals surface area contributed by atoms with Crippen LogP contribution in [0.1, 0.15) is 19.3 Å². The summed E-state index contributed by atoms with van der Waals surface area (Å²) in [6.07, 6.45) is 5.88. The van der Waals surface area contributed by atoms with E-state index in [1.807, 2.05) is 0 Å². The molecule has 0 amide bonds. The Morgan fingerprint density at radius 1 is 1.67 bits per heavy atom. The van der Waals surface area contributed by atoms with Crippen LogP contribution < -0.4 is 0 Å². The quantitative estimate of drug-likeness (QED) is 0.423. The minimum atomic E-state index is 0.981. The molecule has 0 aromatic carbocycles. The number of allylic oxidation sites excluding steroid dienone is 2. The largest absolute Gasteiger partial charge is 0.0853 e. The van der Waals surface area contributed by atoms with E-state index in [4.69, 9.17) is 0 Å². The maximum atomic E-state index is 3.69. The number of hydrogen-bond acceptors (Lipinski definition) is 0. The average molecular weight is 81.1 g/mol. The van der Waals surface area contributed by atoms with Gasteiger partial charge in [-0.25, -0.2) is 0 Å². The molecule has 1 aliphatic carbocycles. The molecular weight excluding hydrogens is 72.1 g/mol. The van der Waals surface area contributed by atoms with Gasteiger partial charge in [0, 0.05) is 0 Å². The molecule has 33 valence electrons. The van der Waals surface area contributed by atoms with Crippen LogP contribution in [0.4, 0.5) is 0 Å². The molecule has 6 heavy (non-hydrogen) atoms. The van der Waals surface area contributed by atoms with E-state index in [1.54, 1.807) is 5.57 Å². The van der Waals surface area contributed by atoms with Crippen molar-refractivity contribution < 1.29 is 0 Å². The first kappa shape index (κ1) is 3.91. The van der Waals surface area contributed by atoms with Crippen molar-refractivity contribution in [1.29, 1.82) is 0 Å². The van der Waals surface area contributed by atoms with Gasteiger partial charge in [0.15, 0.2) is 0 Å². The fourth-order valence-corrected chi connectivity index (χ4v) is 0.480. The third-order valence-corrected chi connectivity index (χ3v) is 0.972. The lowest BCUT2D eigenvalue weighted by molar-refractivity contribution is 1.38. The lowest BCUT2D eigenvalue weighted by Crippen LogP contribution is -1.47. The highest BCUT2D eigenvalue weighted by molar-refractivity contribution is 5.15. The van der Waals surface area contributed by atoms with Crippen molar-refractivity contribution in [1.82, 2.24) is 0 Å². The Kier molecular flexibility index (Phi) is 0.952. The second kappa shape index (κ2) is 1.46. The van der Waals surface area contributed by atoms with Gasteiger partial charge in [0.2, 0.25) is 0 Å². The molecular formula is C6H9. The Morgan fingerprint density at radius 2 is 2.33 bits per heavy atom. The van der Waals surface area contributed by atoms with Crippen molar-refractivity contribution in [3.63, 3.8) is 0 Å². The van der Waals surface area contributed by atoms with Crippen LogP contribution >= 0.6 is 0 Å². The van der Waals surface area contributed by atoms with Crippen molar-refractivity contribution in [2.45, 2.75) is 19.3 Å². The summed E-state index contributed by atoms with van der Waals surface area (Å²) in [5, 5.41) is 0. The summed E-state index contributed by atoms with van der Waals surface area (Å²) in [6.45, 7) is 3.69. The molecule has 1 radical (unpaired) electrons. The maximum Gasteiger partial charge on any atom is -0.0283 e. The molecule has 1 fully saturated rings. The fraction of sp³-hybridized carbons (Fsp3) is 0.500. The molecule has 0 aromatic heterocycles. The molecule has 0 aromatic rings. The predicted octanol–water partition coefficient (Wildman–Crippen LogP) is 1.93. The molecule has 1 saturated carbocycles. The molecule has 0 heterocycles. The summed E-state index contributed by atoms with van der Waals surface area (Å²) < 4.78 is 0. The molecule has 0 spiro atoms. The van der Waals surface area contributed by atoms with Gasteiger partial charge in [0.1, 0.15) is 0 Å². The van der Waals surface area contributed by atoms with E-state index in [1.165, 1.54) is 12.8 Å². The zero-order valence-electron chi connectivity index (χ0n) is 3.91. The molecule has 0 nitrogen and oxygen atoms in total. The van der Waals surface area contributed by atoms with Gasteiger partial charge in [-0.1, -0.05) is 11.6 Å². The number of rotatable bonds is 1. The lowest BCUT2D eigenvalue weighted by Gasteiger charge is -1.67. The van der Waals surface area contributed by atoms with E-state index >= 15 is 0 Å². The van der Waals surface area contributed by atoms with E-state index in [2.05, 4.69) is 13.0 Å². The van der Waals surface area contributed by atoms with Gasteiger partial charge >= 0.3 is 0 Å². The van der Waals surface area contributed by atoms with E-state index in [-0.39, 0.29) is 0 Å². The minimum absolute atomic E-state index is 0.981. The molecule has 0 N–H and O–H groups in total. The van der Waals surface area contributed by atoms with Crippen molar-refractivity contribution >= 4 is 0 Å². The first-order chi connectivity index (χ1) is 2.93. The van der Waals surface area contributed by atoms with Gasteiger partial charge in [-0.2, -0.15) is 0 Å². The molecule has 0 heteroatoms. The molecule has 0 atom stereocenters. The van der Waals surface area contributed by atoms with Crippen molar-refractivity contribution in [3.8, 4) is 0 Å². The van der Waals surface area contributed by atoms with Crippen LogP contribution in [0, 0.1) is 6.92 Å². The summed E-state index contributed by atoms with van der Waals surface area (Å²) >= 11 is 0. The fourth-order valence-electron chi connectivity index (χ4n) is 0.480. The minimum Gasteiger partial charge on any atom is -0.0853 e. The highest BCUT2D eigenvalue weighted by atomic mass is 14.1. The molecule has 0 unspecified atom stereocenters. The topological polar surface area (TPSA) is 0 Å². The number of hydrogen-bond donors (Lipinski definition) is 0. The summed E-state index contributed by atoms with van der Waals surface area (Å²) in [5.41, 5.74) is 1.60. The normalized spacial score (nSPS) is 17.8. The van der Waals surface area contributed by atoms with Crippen LogP contribution in [0.2, 0.25) is 0 Å². The predicted molar refractivity (Wildman–Crippen MR) is 27.3 cm³/mol. The highest BCUT2D eigenvalue weighted by Crippen LogP contribution is 2.27. The maximum absolute atomic E-state index is 3.69. The van der Waals surface area contributed by atoms with Gasteiger partial charge in [-0.05, 0) is 26.2 Å². The van der Waals surface area contributed by atoms with Crippen LogP contribution in [0.15, 0.2) is 11.6 Å². The molecule has 1 aliphatic rings. The van der Waals surface area contributed by atoms with Gasteiger partial charge in [-0.3, -0.25) is 0 Å². The molecule has 0 saturated heterocycles. The standard InChI is InChI=1S/C6H9/c1-2-3-6-4-5-6/h3H,1-2,4-5H2. The second-order valence-corrected chi connectivity index (χ2v) is 1.65. The van der Waals surface area contributed by atoms with E-state index in [9.17, 15) is 0 Å². The van der Waals surface area contributed by atoms with Crippen LogP contribution in [0.3, 0.4) is 0 Å². The van der Waals surface area contributed by atoms with Crippen LogP contribution in [0.25, 0.3) is 0 Å². The molecule has 1 rings (SSSR count). The first-order valence-corrected chi connectivity index (χ1v) is 2.40. The third-order valence-electron chi connectivity index (χ3n) is 0.972. The van der Waals surface area contributed by atoms with Crippen molar-refractivity contribution in [2.24, 2.45) is 0 Å². The lowest BCUT2D eigenvalue weighted by atomic mass is 10.4. The van der Waals surface area contributed by atoms with Gasteiger partial charge in [0.25, 0.3) is 0 Å². The Bertz CT molecular complexity index is 64.1. The van der Waals surface area contributed by atoms with Gasteiger partial charge in [0.05, 0.1) is 0 Å². The second-order valence-electron chi connectivity index (χ2n) is 1.65. The first-order valence-electron chi connectivity index (χ1n) is 2.40. The smallest absolute Gasteiger partial charge is 0.0283 e. The van der Waals surface area contributed by atoms with Crippen LogP contribution in [0.5, 0.6) is 0 Å². The SMILES string of the molecule is [CH2]CC=C1CC1. The highest BCUT2D eigenvalue weighted by Gasteiger charge is 2.07. The third kappa shape index (κ3) is 0.852. The Hall–Kier alpha value is -0.260. The monoisotopic (exact) mass is 81.1 g/mol. The van der Waals surface area contributed by atoms with Gasteiger partial charge in [-0.15, -0.1) is 0 Å².